The van der Waals surface area contributed by atoms with Crippen LogP contribution in [0.2, 0.25) is 5.02 Å². The number of benzene rings is 1. The maximum atomic E-state index is 11.4. The molecular weight excluding hydrogens is 404 g/mol. The minimum atomic E-state index is -0.617. The predicted octanol–water partition coefficient (Wildman–Crippen LogP) is 2.83. The molecule has 1 fully saturated rings. The number of nitrogens with one attached hydrogen (secondary N) is 2. The maximum Gasteiger partial charge on any atom is 0.277 e. The molecule has 0 aliphatic carbocycles. The van der Waals surface area contributed by atoms with Gasteiger partial charge >= 0.3 is 0 Å². The minimum Gasteiger partial charge on any atom is -0.351 e. The van der Waals surface area contributed by atoms with E-state index < -0.39 is 5.91 Å². The molecule has 0 atom stereocenters. The van der Waals surface area contributed by atoms with E-state index in [-0.39, 0.29) is 5.56 Å². The second-order valence-electron chi connectivity index (χ2n) is 7.34. The predicted molar refractivity (Wildman–Crippen MR) is 118 cm³/mol. The number of hydroxylamine groups is 1. The molecule has 3 rings (SSSR count). The molecule has 1 aromatic heterocycles. The fraction of sp³-hybridized carbons (Fsp3) is 0.381. The Kier molecular flexibility index (Phi) is 7.62. The van der Waals surface area contributed by atoms with Crippen molar-refractivity contribution in [3.05, 3.63) is 59.5 Å². The summed E-state index contributed by atoms with van der Waals surface area (Å²) >= 11 is 6.18. The van der Waals surface area contributed by atoms with Crippen LogP contribution in [0.3, 0.4) is 0 Å². The molecule has 1 aliphatic rings. The van der Waals surface area contributed by atoms with Crippen LogP contribution in [0.5, 0.6) is 0 Å². The van der Waals surface area contributed by atoms with E-state index >= 15 is 0 Å². The third-order valence-corrected chi connectivity index (χ3v) is 5.58. The number of hydrogen-bond donors (Lipinski definition) is 3. The number of hydrogen-bond acceptors (Lipinski definition) is 7. The van der Waals surface area contributed by atoms with Crippen molar-refractivity contribution in [2.75, 3.05) is 36.5 Å². The molecule has 1 amide bonds. The van der Waals surface area contributed by atoms with Crippen LogP contribution in [-0.4, -0.2) is 47.8 Å². The molecule has 0 saturated carbocycles. The van der Waals surface area contributed by atoms with E-state index in [0.717, 1.165) is 55.3 Å². The minimum absolute atomic E-state index is 0.225. The summed E-state index contributed by atoms with van der Waals surface area (Å²) in [6.07, 6.45) is 6.69. The zero-order valence-corrected chi connectivity index (χ0v) is 17.8. The van der Waals surface area contributed by atoms with Gasteiger partial charge in [-0.3, -0.25) is 10.0 Å². The number of carbonyl (C=O) groups excluding carboxylic acids is 1. The van der Waals surface area contributed by atoms with Gasteiger partial charge in [-0.05, 0) is 55.3 Å². The first-order chi connectivity index (χ1) is 14.5. The summed E-state index contributed by atoms with van der Waals surface area (Å²) in [7, 11) is 1.97. The number of halogens is 1. The van der Waals surface area contributed by atoms with E-state index in [1.807, 2.05) is 30.1 Å². The highest BCUT2D eigenvalue weighted by atomic mass is 35.5. The number of anilines is 2. The second kappa shape index (κ2) is 10.4. The highest BCUT2D eigenvalue weighted by Crippen LogP contribution is 2.24. The van der Waals surface area contributed by atoms with Crippen molar-refractivity contribution in [2.24, 2.45) is 5.92 Å². The van der Waals surface area contributed by atoms with Crippen molar-refractivity contribution in [2.45, 2.75) is 19.4 Å². The lowest BCUT2D eigenvalue weighted by molar-refractivity contribution is 0.0705. The number of rotatable bonds is 8. The van der Waals surface area contributed by atoms with Crippen LogP contribution in [0.1, 0.15) is 28.8 Å². The van der Waals surface area contributed by atoms with Crippen LogP contribution < -0.4 is 20.6 Å². The van der Waals surface area contributed by atoms with E-state index in [9.17, 15) is 4.79 Å². The monoisotopic (exact) mass is 430 g/mol. The molecule has 1 saturated heterocycles. The third-order valence-electron chi connectivity index (χ3n) is 5.34. The van der Waals surface area contributed by atoms with Gasteiger partial charge in [0.25, 0.3) is 5.91 Å². The summed E-state index contributed by atoms with van der Waals surface area (Å²) in [5.74, 6) is 0.556. The number of piperidine rings is 1. The van der Waals surface area contributed by atoms with Crippen LogP contribution in [0.25, 0.3) is 0 Å². The highest BCUT2D eigenvalue weighted by Gasteiger charge is 2.21. The Hall–Kier alpha value is -2.68. The van der Waals surface area contributed by atoms with E-state index in [2.05, 4.69) is 26.8 Å². The molecule has 30 heavy (non-hydrogen) atoms. The van der Waals surface area contributed by atoms with Gasteiger partial charge in [-0.1, -0.05) is 18.2 Å². The van der Waals surface area contributed by atoms with E-state index in [1.54, 1.807) is 11.7 Å². The van der Waals surface area contributed by atoms with Crippen LogP contribution >= 0.6 is 11.6 Å². The molecular formula is C21H27ClN6O2. The topological polar surface area (TPSA) is 93.6 Å². The summed E-state index contributed by atoms with van der Waals surface area (Å²) in [6.45, 7) is 7.22. The Bertz CT molecular complexity index is 868. The fourth-order valence-corrected chi connectivity index (χ4v) is 3.75. The lowest BCUT2D eigenvalue weighted by Gasteiger charge is -2.32. The van der Waals surface area contributed by atoms with Crippen molar-refractivity contribution in [3.63, 3.8) is 0 Å². The van der Waals surface area contributed by atoms with Crippen LogP contribution in [0.15, 0.2) is 43.4 Å². The summed E-state index contributed by atoms with van der Waals surface area (Å²) in [5, 5.41) is 12.9. The van der Waals surface area contributed by atoms with Crippen molar-refractivity contribution in [3.8, 4) is 0 Å². The molecule has 8 nitrogen and oxygen atoms in total. The van der Waals surface area contributed by atoms with Gasteiger partial charge in [-0.2, -0.15) is 0 Å². The highest BCUT2D eigenvalue weighted by molar-refractivity contribution is 6.30. The normalized spacial score (nSPS) is 14.4. The fourth-order valence-electron chi connectivity index (χ4n) is 3.55. The zero-order chi connectivity index (χ0) is 21.5. The third kappa shape index (κ3) is 5.47. The van der Waals surface area contributed by atoms with Gasteiger partial charge in [0.1, 0.15) is 0 Å². The SMILES string of the molecule is C=CN(C)c1ccc(Cl)cc1CNCC1CCN(c2ncc(C(=O)NO)cn2)CC1. The van der Waals surface area contributed by atoms with Crippen LogP contribution in [-0.2, 0) is 6.54 Å². The van der Waals surface area contributed by atoms with E-state index in [4.69, 9.17) is 16.8 Å². The van der Waals surface area contributed by atoms with Crippen LogP contribution in [0.4, 0.5) is 11.6 Å². The van der Waals surface area contributed by atoms with Gasteiger partial charge in [-0.15, -0.1) is 0 Å². The van der Waals surface area contributed by atoms with Gasteiger partial charge in [0.2, 0.25) is 5.95 Å². The smallest absolute Gasteiger partial charge is 0.277 e. The lowest BCUT2D eigenvalue weighted by atomic mass is 9.97. The molecule has 0 bridgehead atoms. The maximum absolute atomic E-state index is 11.4. The first kappa shape index (κ1) is 22.0. The summed E-state index contributed by atoms with van der Waals surface area (Å²) < 4.78 is 0. The molecule has 1 aliphatic heterocycles. The van der Waals surface area contributed by atoms with Crippen molar-refractivity contribution in [1.29, 1.82) is 0 Å². The summed E-state index contributed by atoms with van der Waals surface area (Å²) in [6, 6.07) is 5.89. The van der Waals surface area contributed by atoms with Crippen LogP contribution in [0, 0.1) is 5.92 Å². The Morgan fingerprint density at radius 1 is 1.37 bits per heavy atom. The molecule has 9 heteroatoms. The Morgan fingerprint density at radius 3 is 2.70 bits per heavy atom. The lowest BCUT2D eigenvalue weighted by Crippen LogP contribution is -2.38. The average Bonchev–Trinajstić information content (AvgIpc) is 2.79. The van der Waals surface area contributed by atoms with Crippen molar-refractivity contribution < 1.29 is 10.0 Å². The first-order valence-electron chi connectivity index (χ1n) is 9.87. The second-order valence-corrected chi connectivity index (χ2v) is 7.78. The number of aromatic nitrogens is 2. The molecule has 2 aromatic rings. The van der Waals surface area contributed by atoms with E-state index in [1.165, 1.54) is 12.4 Å². The van der Waals surface area contributed by atoms with Crippen molar-refractivity contribution >= 4 is 29.1 Å². The van der Waals surface area contributed by atoms with Crippen molar-refractivity contribution in [1.82, 2.24) is 20.8 Å². The standard InChI is InChI=1S/C21H27ClN6O2/c1-3-27(2)19-5-4-18(22)10-16(19)12-23-11-15-6-8-28(9-7-15)21-24-13-17(14-25-21)20(29)26-30/h3-5,10,13-15,23,30H,1,6-9,11-12H2,2H3,(H,26,29). The average molecular weight is 431 g/mol. The first-order valence-corrected chi connectivity index (χ1v) is 10.3. The van der Waals surface area contributed by atoms with Gasteiger partial charge < -0.3 is 15.1 Å². The Morgan fingerprint density at radius 2 is 2.07 bits per heavy atom. The molecule has 1 aromatic carbocycles. The van der Waals surface area contributed by atoms with E-state index in [0.29, 0.717) is 11.9 Å². The summed E-state index contributed by atoms with van der Waals surface area (Å²) in [4.78, 5) is 24.0. The molecule has 3 N–H and O–H groups in total. The number of nitrogens with zero attached hydrogens (tertiary/aromatic N) is 4. The molecule has 0 spiro atoms. The number of amides is 1. The molecule has 2 heterocycles. The van der Waals surface area contributed by atoms with Gasteiger partial charge in [0.15, 0.2) is 0 Å². The van der Waals surface area contributed by atoms with Gasteiger partial charge in [0.05, 0.1) is 5.56 Å². The zero-order valence-electron chi connectivity index (χ0n) is 17.0. The van der Waals surface area contributed by atoms with Gasteiger partial charge in [0, 0.05) is 49.8 Å². The summed E-state index contributed by atoms with van der Waals surface area (Å²) in [5.41, 5.74) is 4.04. The molecule has 160 valence electrons. The van der Waals surface area contributed by atoms with Gasteiger partial charge in [-0.25, -0.2) is 15.4 Å². The molecule has 0 unspecified atom stereocenters. The Balaban J connectivity index is 1.48. The number of carbonyl (C=O) groups is 1. The largest absolute Gasteiger partial charge is 0.351 e. The quantitative estimate of drug-likeness (QED) is 0.438. The Labute approximate surface area is 181 Å². The molecule has 0 radical (unpaired) electrons.